The van der Waals surface area contributed by atoms with Crippen LogP contribution in [0.1, 0.15) is 12.8 Å². The zero-order chi connectivity index (χ0) is 13.5. The molecule has 1 fully saturated rings. The summed E-state index contributed by atoms with van der Waals surface area (Å²) < 4.78 is 0. The highest BCUT2D eigenvalue weighted by molar-refractivity contribution is 7.98. The number of nitrogens with one attached hydrogen (secondary N) is 2. The number of carboxylic acids is 1. The van der Waals surface area contributed by atoms with Crippen LogP contribution >= 0.6 is 11.8 Å². The summed E-state index contributed by atoms with van der Waals surface area (Å²) in [5.41, 5.74) is 0. The van der Waals surface area contributed by atoms with Crippen molar-refractivity contribution in [1.82, 2.24) is 15.5 Å². The lowest BCUT2D eigenvalue weighted by Gasteiger charge is -2.17. The number of carbonyl (C=O) groups is 2. The second kappa shape index (κ2) is 7.48. The SMILES string of the molecule is CSCC[C@@H](NC(=O)NC1CCN(C)C1)C(=O)O. The Morgan fingerprint density at radius 3 is 2.78 bits per heavy atom. The predicted molar refractivity (Wildman–Crippen MR) is 72.0 cm³/mol. The molecular formula is C11H21N3O3S. The quantitative estimate of drug-likeness (QED) is 0.645. The van der Waals surface area contributed by atoms with E-state index in [0.717, 1.165) is 19.5 Å². The number of hydrogen-bond donors (Lipinski definition) is 3. The minimum atomic E-state index is -0.984. The van der Waals surface area contributed by atoms with Crippen LogP contribution < -0.4 is 10.6 Å². The number of aliphatic carboxylic acids is 1. The van der Waals surface area contributed by atoms with Crippen molar-refractivity contribution >= 4 is 23.8 Å². The number of carboxylic acid groups (broad SMARTS) is 1. The summed E-state index contributed by atoms with van der Waals surface area (Å²) in [6.45, 7) is 1.77. The molecule has 1 saturated heterocycles. The number of nitrogens with zero attached hydrogens (tertiary/aromatic N) is 1. The summed E-state index contributed by atoms with van der Waals surface area (Å²) in [7, 11) is 2.00. The molecule has 0 aliphatic carbocycles. The van der Waals surface area contributed by atoms with E-state index in [1.54, 1.807) is 11.8 Å². The summed E-state index contributed by atoms with van der Waals surface area (Å²) in [6.07, 6.45) is 3.26. The van der Waals surface area contributed by atoms with Crippen molar-refractivity contribution in [3.8, 4) is 0 Å². The Bertz CT molecular complexity index is 301. The first-order chi connectivity index (χ1) is 8.52. The second-order valence-electron chi connectivity index (χ2n) is 4.54. The van der Waals surface area contributed by atoms with Crippen molar-refractivity contribution in [2.45, 2.75) is 24.9 Å². The van der Waals surface area contributed by atoms with Gasteiger partial charge in [-0.2, -0.15) is 11.8 Å². The van der Waals surface area contributed by atoms with Gasteiger partial charge in [-0.25, -0.2) is 9.59 Å². The number of hydrogen-bond acceptors (Lipinski definition) is 4. The molecule has 7 heteroatoms. The monoisotopic (exact) mass is 275 g/mol. The molecule has 0 aromatic carbocycles. The third-order valence-electron chi connectivity index (χ3n) is 2.94. The van der Waals surface area contributed by atoms with E-state index in [1.807, 2.05) is 13.3 Å². The molecule has 1 aliphatic rings. The van der Waals surface area contributed by atoms with Crippen molar-refractivity contribution in [3.05, 3.63) is 0 Å². The molecule has 6 nitrogen and oxygen atoms in total. The topological polar surface area (TPSA) is 81.7 Å². The average Bonchev–Trinajstić information content (AvgIpc) is 2.69. The number of rotatable bonds is 6. The first kappa shape index (κ1) is 15.1. The van der Waals surface area contributed by atoms with Crippen molar-refractivity contribution in [2.75, 3.05) is 32.1 Å². The van der Waals surface area contributed by atoms with Crippen LogP contribution in [0.3, 0.4) is 0 Å². The van der Waals surface area contributed by atoms with Crippen molar-refractivity contribution in [3.63, 3.8) is 0 Å². The summed E-state index contributed by atoms with van der Waals surface area (Å²) in [5.74, 6) is -0.272. The van der Waals surface area contributed by atoms with Crippen LogP contribution in [0.4, 0.5) is 4.79 Å². The van der Waals surface area contributed by atoms with E-state index in [9.17, 15) is 9.59 Å². The molecule has 1 heterocycles. The first-order valence-electron chi connectivity index (χ1n) is 6.00. The van der Waals surface area contributed by atoms with Gasteiger partial charge in [-0.3, -0.25) is 0 Å². The highest BCUT2D eigenvalue weighted by Crippen LogP contribution is 2.06. The Hall–Kier alpha value is -0.950. The van der Waals surface area contributed by atoms with Gasteiger partial charge in [-0.05, 0) is 38.4 Å². The van der Waals surface area contributed by atoms with E-state index in [2.05, 4.69) is 15.5 Å². The first-order valence-corrected chi connectivity index (χ1v) is 7.39. The summed E-state index contributed by atoms with van der Waals surface area (Å²) >= 11 is 1.57. The van der Waals surface area contributed by atoms with Crippen LogP contribution in [0, 0.1) is 0 Å². The minimum Gasteiger partial charge on any atom is -0.480 e. The molecule has 1 aliphatic heterocycles. The van der Waals surface area contributed by atoms with Crippen LogP contribution in [-0.2, 0) is 4.79 Å². The number of likely N-dealkylation sites (tertiary alicyclic amines) is 1. The Kier molecular flexibility index (Phi) is 6.28. The van der Waals surface area contributed by atoms with Crippen LogP contribution in [0.15, 0.2) is 0 Å². The van der Waals surface area contributed by atoms with Crippen LogP contribution in [0.5, 0.6) is 0 Å². The molecule has 0 aromatic rings. The Morgan fingerprint density at radius 1 is 1.56 bits per heavy atom. The molecule has 0 saturated carbocycles. The third kappa shape index (κ3) is 5.14. The Balaban J connectivity index is 2.34. The third-order valence-corrected chi connectivity index (χ3v) is 3.58. The van der Waals surface area contributed by atoms with Gasteiger partial charge < -0.3 is 20.6 Å². The van der Waals surface area contributed by atoms with Gasteiger partial charge in [0.15, 0.2) is 0 Å². The number of thioether (sulfide) groups is 1. The Morgan fingerprint density at radius 2 is 2.28 bits per heavy atom. The van der Waals surface area contributed by atoms with E-state index in [4.69, 9.17) is 5.11 Å². The lowest BCUT2D eigenvalue weighted by atomic mass is 10.2. The summed E-state index contributed by atoms with van der Waals surface area (Å²) in [5, 5.41) is 14.3. The smallest absolute Gasteiger partial charge is 0.326 e. The lowest BCUT2D eigenvalue weighted by Crippen LogP contribution is -2.49. The molecule has 0 aromatic heterocycles. The lowest BCUT2D eigenvalue weighted by molar-refractivity contribution is -0.139. The molecule has 2 atom stereocenters. The molecule has 1 rings (SSSR count). The summed E-state index contributed by atoms with van der Waals surface area (Å²) in [6, 6.07) is -1.08. The van der Waals surface area contributed by atoms with Gasteiger partial charge in [-0.15, -0.1) is 0 Å². The van der Waals surface area contributed by atoms with E-state index < -0.39 is 12.0 Å². The molecule has 18 heavy (non-hydrogen) atoms. The maximum Gasteiger partial charge on any atom is 0.326 e. The molecule has 1 unspecified atom stereocenters. The van der Waals surface area contributed by atoms with Gasteiger partial charge in [0.25, 0.3) is 0 Å². The fourth-order valence-corrected chi connectivity index (χ4v) is 2.40. The van der Waals surface area contributed by atoms with Gasteiger partial charge in [0.2, 0.25) is 0 Å². The number of likely N-dealkylation sites (N-methyl/N-ethyl adjacent to an activating group) is 1. The van der Waals surface area contributed by atoms with Gasteiger partial charge in [0.05, 0.1) is 0 Å². The Labute approximate surface area is 111 Å². The normalized spacial score (nSPS) is 21.6. The molecule has 2 amide bonds. The number of amides is 2. The van der Waals surface area contributed by atoms with Gasteiger partial charge in [0.1, 0.15) is 6.04 Å². The molecule has 0 radical (unpaired) electrons. The van der Waals surface area contributed by atoms with E-state index in [0.29, 0.717) is 12.2 Å². The summed E-state index contributed by atoms with van der Waals surface area (Å²) in [4.78, 5) is 24.8. The highest BCUT2D eigenvalue weighted by Gasteiger charge is 2.24. The fourth-order valence-electron chi connectivity index (χ4n) is 1.93. The van der Waals surface area contributed by atoms with Crippen molar-refractivity contribution in [2.24, 2.45) is 0 Å². The second-order valence-corrected chi connectivity index (χ2v) is 5.52. The maximum absolute atomic E-state index is 11.7. The fraction of sp³-hybridized carbons (Fsp3) is 0.818. The minimum absolute atomic E-state index is 0.116. The number of carbonyl (C=O) groups excluding carboxylic acids is 1. The maximum atomic E-state index is 11.7. The molecule has 0 bridgehead atoms. The van der Waals surface area contributed by atoms with Crippen LogP contribution in [0.2, 0.25) is 0 Å². The molecule has 104 valence electrons. The standard InChI is InChI=1S/C11H21N3O3S/c1-14-5-3-8(7-14)12-11(17)13-9(10(15)16)4-6-18-2/h8-9H,3-7H2,1-2H3,(H,15,16)(H2,12,13,17)/t8?,9-/m1/s1. The van der Waals surface area contributed by atoms with Crippen molar-refractivity contribution < 1.29 is 14.7 Å². The van der Waals surface area contributed by atoms with Gasteiger partial charge in [-0.1, -0.05) is 0 Å². The highest BCUT2D eigenvalue weighted by atomic mass is 32.2. The van der Waals surface area contributed by atoms with E-state index >= 15 is 0 Å². The number of urea groups is 1. The average molecular weight is 275 g/mol. The largest absolute Gasteiger partial charge is 0.480 e. The molecular weight excluding hydrogens is 254 g/mol. The van der Waals surface area contributed by atoms with Gasteiger partial charge in [0, 0.05) is 12.6 Å². The zero-order valence-electron chi connectivity index (χ0n) is 10.8. The molecule has 0 spiro atoms. The van der Waals surface area contributed by atoms with Crippen molar-refractivity contribution in [1.29, 1.82) is 0 Å². The predicted octanol–water partition coefficient (Wildman–Crippen LogP) is 0.196. The van der Waals surface area contributed by atoms with E-state index in [-0.39, 0.29) is 12.1 Å². The van der Waals surface area contributed by atoms with Gasteiger partial charge >= 0.3 is 12.0 Å². The molecule has 3 N–H and O–H groups in total. The van der Waals surface area contributed by atoms with Crippen LogP contribution in [0.25, 0.3) is 0 Å². The van der Waals surface area contributed by atoms with E-state index in [1.165, 1.54) is 0 Å². The zero-order valence-corrected chi connectivity index (χ0v) is 11.6. The van der Waals surface area contributed by atoms with Crippen LogP contribution in [-0.4, -0.2) is 66.2 Å².